The van der Waals surface area contributed by atoms with Gasteiger partial charge in [-0.25, -0.2) is 8.42 Å². The molecule has 144 valence electrons. The van der Waals surface area contributed by atoms with E-state index in [2.05, 4.69) is 20.7 Å². The van der Waals surface area contributed by atoms with Gasteiger partial charge in [-0.2, -0.15) is 0 Å². The van der Waals surface area contributed by atoms with Crippen LogP contribution in [0.1, 0.15) is 23.8 Å². The van der Waals surface area contributed by atoms with E-state index in [4.69, 9.17) is 0 Å². The minimum Gasteiger partial charge on any atom is -0.350 e. The van der Waals surface area contributed by atoms with Crippen LogP contribution in [0.3, 0.4) is 0 Å². The lowest BCUT2D eigenvalue weighted by Crippen LogP contribution is -2.43. The van der Waals surface area contributed by atoms with Crippen molar-refractivity contribution in [2.45, 2.75) is 18.9 Å². The molecule has 3 aliphatic rings. The van der Waals surface area contributed by atoms with Crippen molar-refractivity contribution in [2.75, 3.05) is 31.9 Å². The number of allylic oxidation sites excluding steroid dienone is 2. The van der Waals surface area contributed by atoms with Gasteiger partial charge < -0.3 is 10.2 Å². The van der Waals surface area contributed by atoms with Gasteiger partial charge in [0.15, 0.2) is 5.84 Å². The van der Waals surface area contributed by atoms with Crippen LogP contribution >= 0.6 is 11.3 Å². The van der Waals surface area contributed by atoms with E-state index in [1.807, 2.05) is 11.4 Å². The number of hydrogen-bond acceptors (Lipinski definition) is 6. The van der Waals surface area contributed by atoms with Crippen molar-refractivity contribution in [3.8, 4) is 0 Å². The molecule has 1 aromatic heterocycles. The zero-order chi connectivity index (χ0) is 18.9. The van der Waals surface area contributed by atoms with Gasteiger partial charge in [0.2, 0.25) is 0 Å². The lowest BCUT2D eigenvalue weighted by atomic mass is 10.1. The molecule has 4 heterocycles. The summed E-state index contributed by atoms with van der Waals surface area (Å²) in [6.45, 7) is 2.86. The predicted octanol–water partition coefficient (Wildman–Crippen LogP) is 1.50. The van der Waals surface area contributed by atoms with E-state index < -0.39 is 10.0 Å². The first-order valence-electron chi connectivity index (χ1n) is 9.07. The standard InChI is InChI=1S/C18H22N4O3S2/c23-18(14-5-3-9-22-10-12-27(24,25)20-17(14)22)19-13-15(16-6-4-11-26-16)21-7-1-2-8-21/h3-6,9,11,15H,1-2,7-8,10,12-13H2,(H,19,23). The fourth-order valence-electron chi connectivity index (χ4n) is 3.62. The van der Waals surface area contributed by atoms with Gasteiger partial charge >= 0.3 is 0 Å². The molecule has 1 fully saturated rings. The Morgan fingerprint density at radius 2 is 2.11 bits per heavy atom. The van der Waals surface area contributed by atoms with Gasteiger partial charge in [0.05, 0.1) is 17.4 Å². The maximum absolute atomic E-state index is 12.8. The Kier molecular flexibility index (Phi) is 5.16. The fraction of sp³-hybridized carbons (Fsp3) is 0.444. The summed E-state index contributed by atoms with van der Waals surface area (Å²) in [4.78, 5) is 18.2. The Balaban J connectivity index is 1.50. The summed E-state index contributed by atoms with van der Waals surface area (Å²) < 4.78 is 27.6. The molecule has 1 amide bonds. The molecule has 3 aliphatic heterocycles. The smallest absolute Gasteiger partial charge is 0.256 e. The van der Waals surface area contributed by atoms with Gasteiger partial charge in [0, 0.05) is 24.2 Å². The summed E-state index contributed by atoms with van der Waals surface area (Å²) in [7, 11) is -3.51. The summed E-state index contributed by atoms with van der Waals surface area (Å²) in [6, 6.07) is 4.27. The molecule has 0 saturated carbocycles. The highest BCUT2D eigenvalue weighted by Crippen LogP contribution is 2.28. The van der Waals surface area contributed by atoms with Crippen LogP contribution in [0, 0.1) is 0 Å². The summed E-state index contributed by atoms with van der Waals surface area (Å²) in [5, 5.41) is 5.05. The van der Waals surface area contributed by atoms with E-state index in [0.29, 0.717) is 18.7 Å². The maximum Gasteiger partial charge on any atom is 0.256 e. The van der Waals surface area contributed by atoms with Crippen LogP contribution < -0.4 is 5.32 Å². The average molecular weight is 407 g/mol. The summed E-state index contributed by atoms with van der Waals surface area (Å²) in [5.74, 6) is -0.110. The Morgan fingerprint density at radius 1 is 1.30 bits per heavy atom. The Morgan fingerprint density at radius 3 is 2.85 bits per heavy atom. The first-order valence-corrected chi connectivity index (χ1v) is 11.6. The maximum atomic E-state index is 12.8. The second kappa shape index (κ2) is 7.57. The van der Waals surface area contributed by atoms with Gasteiger partial charge in [-0.3, -0.25) is 9.69 Å². The summed E-state index contributed by atoms with van der Waals surface area (Å²) >= 11 is 1.69. The molecule has 0 bridgehead atoms. The zero-order valence-electron chi connectivity index (χ0n) is 14.9. The number of amidine groups is 1. The lowest BCUT2D eigenvalue weighted by Gasteiger charge is -2.30. The molecule has 0 aromatic carbocycles. The van der Waals surface area contributed by atoms with E-state index in [0.717, 1.165) is 13.1 Å². The van der Waals surface area contributed by atoms with Gasteiger partial charge in [0.25, 0.3) is 15.9 Å². The molecule has 1 N–H and O–H groups in total. The van der Waals surface area contributed by atoms with Gasteiger partial charge in [0.1, 0.15) is 0 Å². The number of amides is 1. The topological polar surface area (TPSA) is 82.1 Å². The molecule has 1 atom stereocenters. The van der Waals surface area contributed by atoms with Crippen LogP contribution in [-0.2, 0) is 14.8 Å². The van der Waals surface area contributed by atoms with E-state index in [1.54, 1.807) is 34.6 Å². The molecule has 1 aromatic rings. The number of rotatable bonds is 5. The summed E-state index contributed by atoms with van der Waals surface area (Å²) in [6.07, 6.45) is 7.48. The molecule has 1 unspecified atom stereocenters. The number of nitrogens with zero attached hydrogens (tertiary/aromatic N) is 3. The second-order valence-electron chi connectivity index (χ2n) is 6.80. The third-order valence-corrected chi connectivity index (χ3v) is 7.13. The number of likely N-dealkylation sites (tertiary alicyclic amines) is 1. The molecular formula is C18H22N4O3S2. The predicted molar refractivity (Wildman–Crippen MR) is 106 cm³/mol. The van der Waals surface area contributed by atoms with Crippen LogP contribution in [0.25, 0.3) is 0 Å². The molecule has 9 heteroatoms. The van der Waals surface area contributed by atoms with Crippen molar-refractivity contribution in [2.24, 2.45) is 4.40 Å². The minimum atomic E-state index is -3.51. The largest absolute Gasteiger partial charge is 0.350 e. The van der Waals surface area contributed by atoms with Crippen LogP contribution in [0.2, 0.25) is 0 Å². The monoisotopic (exact) mass is 406 g/mol. The number of fused-ring (bicyclic) bond motifs is 1. The highest BCUT2D eigenvalue weighted by Gasteiger charge is 2.31. The number of nitrogens with one attached hydrogen (secondary N) is 1. The van der Waals surface area contributed by atoms with E-state index in [9.17, 15) is 13.2 Å². The molecule has 1 saturated heterocycles. The van der Waals surface area contributed by atoms with Gasteiger partial charge in [-0.1, -0.05) is 6.07 Å². The fourth-order valence-corrected chi connectivity index (χ4v) is 5.47. The number of carbonyl (C=O) groups excluding carboxylic acids is 1. The van der Waals surface area contributed by atoms with E-state index in [1.165, 1.54) is 17.7 Å². The van der Waals surface area contributed by atoms with Crippen molar-refractivity contribution in [3.05, 3.63) is 46.3 Å². The van der Waals surface area contributed by atoms with Crippen LogP contribution in [0.5, 0.6) is 0 Å². The quantitative estimate of drug-likeness (QED) is 0.801. The number of sulfonamides is 1. The molecule has 0 aliphatic carbocycles. The molecule has 27 heavy (non-hydrogen) atoms. The van der Waals surface area contributed by atoms with E-state index in [-0.39, 0.29) is 23.5 Å². The Labute approximate surface area is 163 Å². The number of hydrogen-bond donors (Lipinski definition) is 1. The highest BCUT2D eigenvalue weighted by atomic mass is 32.2. The third-order valence-electron chi connectivity index (χ3n) is 5.01. The molecular weight excluding hydrogens is 384 g/mol. The third kappa shape index (κ3) is 3.99. The number of carbonyl (C=O) groups is 1. The Bertz CT molecular complexity index is 897. The minimum absolute atomic E-state index is 0.0366. The van der Waals surface area contributed by atoms with Gasteiger partial charge in [-0.15, -0.1) is 15.7 Å². The summed E-state index contributed by atoms with van der Waals surface area (Å²) in [5.41, 5.74) is 0.298. The van der Waals surface area contributed by atoms with Crippen molar-refractivity contribution in [1.82, 2.24) is 15.1 Å². The van der Waals surface area contributed by atoms with Crippen LogP contribution in [0.4, 0.5) is 0 Å². The molecule has 4 rings (SSSR count). The normalized spacial score (nSPS) is 22.7. The van der Waals surface area contributed by atoms with Crippen molar-refractivity contribution in [3.63, 3.8) is 0 Å². The highest BCUT2D eigenvalue weighted by molar-refractivity contribution is 7.90. The zero-order valence-corrected chi connectivity index (χ0v) is 16.5. The van der Waals surface area contributed by atoms with Crippen molar-refractivity contribution in [1.29, 1.82) is 0 Å². The second-order valence-corrected chi connectivity index (χ2v) is 9.53. The molecule has 0 radical (unpaired) electrons. The number of thiophene rings is 1. The van der Waals surface area contributed by atoms with E-state index >= 15 is 0 Å². The Hall–Kier alpha value is -1.97. The van der Waals surface area contributed by atoms with Crippen LogP contribution in [-0.4, -0.2) is 61.9 Å². The molecule has 0 spiro atoms. The lowest BCUT2D eigenvalue weighted by molar-refractivity contribution is -0.117. The molecule has 7 nitrogen and oxygen atoms in total. The average Bonchev–Trinajstić information content (AvgIpc) is 3.35. The van der Waals surface area contributed by atoms with Crippen molar-refractivity contribution >= 4 is 33.1 Å². The first-order chi connectivity index (χ1) is 13.0. The van der Waals surface area contributed by atoms with Crippen molar-refractivity contribution < 1.29 is 13.2 Å². The van der Waals surface area contributed by atoms with Gasteiger partial charge in [-0.05, 0) is 49.5 Å². The van der Waals surface area contributed by atoms with Crippen LogP contribution in [0.15, 0.2) is 45.8 Å². The SMILES string of the molecule is O=C(NCC(c1cccs1)N1CCCC1)C1=CC=CN2CCS(=O)(=O)N=C12. The first kappa shape index (κ1) is 18.4.